The minimum absolute atomic E-state index is 0.118. The SMILES string of the molecule is Cc1nnc(C23CC(C[C@@H](C)C2)N3C(=O)Nc2ccc(Cl)c(-n3ccc(F)n3)c2)o1. The number of halogens is 2. The van der Waals surface area contributed by atoms with Gasteiger partial charge in [0.2, 0.25) is 17.7 Å². The molecule has 1 N–H and O–H groups in total. The number of aryl methyl sites for hydroxylation is 1. The number of hydrogen-bond acceptors (Lipinski definition) is 5. The van der Waals surface area contributed by atoms with E-state index in [2.05, 4.69) is 27.5 Å². The van der Waals surface area contributed by atoms with Crippen LogP contribution in [0.25, 0.3) is 5.69 Å². The summed E-state index contributed by atoms with van der Waals surface area (Å²) in [6.07, 6.45) is 3.98. The minimum Gasteiger partial charge on any atom is -0.423 e. The van der Waals surface area contributed by atoms with Gasteiger partial charge in [-0.3, -0.25) is 0 Å². The lowest BCUT2D eigenvalue weighted by atomic mass is 9.64. The van der Waals surface area contributed by atoms with Crippen LogP contribution in [0.3, 0.4) is 0 Å². The van der Waals surface area contributed by atoms with E-state index in [1.165, 1.54) is 16.9 Å². The molecule has 0 radical (unpaired) electrons. The lowest BCUT2D eigenvalue weighted by Crippen LogP contribution is -2.70. The van der Waals surface area contributed by atoms with Crippen molar-refractivity contribution >= 4 is 23.3 Å². The second-order valence-electron chi connectivity index (χ2n) is 8.11. The zero-order valence-corrected chi connectivity index (χ0v) is 17.2. The third-order valence-electron chi connectivity index (χ3n) is 5.90. The maximum atomic E-state index is 13.3. The van der Waals surface area contributed by atoms with Crippen molar-refractivity contribution in [3.63, 3.8) is 0 Å². The van der Waals surface area contributed by atoms with Crippen LogP contribution in [0.15, 0.2) is 34.9 Å². The van der Waals surface area contributed by atoms with Crippen molar-refractivity contribution in [1.29, 1.82) is 0 Å². The van der Waals surface area contributed by atoms with Crippen molar-refractivity contribution in [3.8, 4) is 5.69 Å². The summed E-state index contributed by atoms with van der Waals surface area (Å²) in [6.45, 7) is 3.92. The topological polar surface area (TPSA) is 89.1 Å². The predicted molar refractivity (Wildman–Crippen MR) is 107 cm³/mol. The van der Waals surface area contributed by atoms with Crippen LogP contribution in [0.4, 0.5) is 14.9 Å². The molecule has 3 atom stereocenters. The fourth-order valence-electron chi connectivity index (χ4n) is 4.82. The Morgan fingerprint density at radius 1 is 1.33 bits per heavy atom. The number of anilines is 1. The number of piperidine rings is 1. The zero-order chi connectivity index (χ0) is 21.0. The molecule has 1 aliphatic carbocycles. The van der Waals surface area contributed by atoms with Gasteiger partial charge in [-0.25, -0.2) is 9.48 Å². The van der Waals surface area contributed by atoms with Gasteiger partial charge in [0.15, 0.2) is 0 Å². The molecule has 2 aliphatic rings. The van der Waals surface area contributed by atoms with Gasteiger partial charge in [0.05, 0.1) is 10.7 Å². The molecule has 2 amide bonds. The third-order valence-corrected chi connectivity index (χ3v) is 6.22. The summed E-state index contributed by atoms with van der Waals surface area (Å²) < 4.78 is 20.4. The van der Waals surface area contributed by atoms with E-state index in [1.54, 1.807) is 25.1 Å². The summed E-state index contributed by atoms with van der Waals surface area (Å²) >= 11 is 6.24. The number of nitrogens with zero attached hydrogens (tertiary/aromatic N) is 5. The normalized spacial score (nSPS) is 25.1. The van der Waals surface area contributed by atoms with Crippen molar-refractivity contribution in [3.05, 3.63) is 53.2 Å². The first-order valence-electron chi connectivity index (χ1n) is 9.78. The van der Waals surface area contributed by atoms with Crippen LogP contribution in [0, 0.1) is 18.8 Å². The van der Waals surface area contributed by atoms with Crippen LogP contribution in [-0.4, -0.2) is 37.0 Å². The molecule has 2 bridgehead atoms. The molecule has 0 spiro atoms. The highest BCUT2D eigenvalue weighted by Gasteiger charge is 2.62. The molecule has 2 unspecified atom stereocenters. The van der Waals surface area contributed by atoms with Crippen molar-refractivity contribution in [2.45, 2.75) is 44.7 Å². The molecule has 3 aromatic rings. The van der Waals surface area contributed by atoms with Gasteiger partial charge >= 0.3 is 6.03 Å². The summed E-state index contributed by atoms with van der Waals surface area (Å²) in [5.74, 6) is 0.814. The number of carbonyl (C=O) groups excluding carboxylic acids is 1. The van der Waals surface area contributed by atoms with Gasteiger partial charge in [-0.2, -0.15) is 4.39 Å². The minimum atomic E-state index is -0.611. The summed E-state index contributed by atoms with van der Waals surface area (Å²) in [5.41, 5.74) is 0.428. The predicted octanol–water partition coefficient (Wildman–Crippen LogP) is 4.29. The van der Waals surface area contributed by atoms with Crippen molar-refractivity contribution in [2.24, 2.45) is 5.92 Å². The first kappa shape index (κ1) is 19.0. The maximum absolute atomic E-state index is 13.3. The highest BCUT2D eigenvalue weighted by Crippen LogP contribution is 2.55. The molecule has 1 saturated carbocycles. The standard InChI is InChI=1S/C20H20ClFN6O2/c1-11-7-14-10-20(9-11,18-25-24-12(2)30-18)28(14)19(29)23-13-3-4-15(21)16(8-13)27-6-5-17(22)26-27/h3-6,8,11,14H,7,9-10H2,1-2H3,(H,23,29)/t11-,14?,20?/m1/s1. The lowest BCUT2D eigenvalue weighted by molar-refractivity contribution is -0.110. The van der Waals surface area contributed by atoms with E-state index < -0.39 is 11.5 Å². The summed E-state index contributed by atoms with van der Waals surface area (Å²) in [7, 11) is 0. The fourth-order valence-corrected chi connectivity index (χ4v) is 5.02. The molecular weight excluding hydrogens is 411 g/mol. The van der Waals surface area contributed by atoms with Gasteiger partial charge in [0.1, 0.15) is 5.54 Å². The van der Waals surface area contributed by atoms with Gasteiger partial charge in [-0.05, 0) is 37.0 Å². The van der Waals surface area contributed by atoms with Crippen LogP contribution in [0.2, 0.25) is 5.02 Å². The highest BCUT2D eigenvalue weighted by atomic mass is 35.5. The molecule has 1 aromatic carbocycles. The lowest BCUT2D eigenvalue weighted by Gasteiger charge is -2.61. The number of urea groups is 1. The Morgan fingerprint density at radius 3 is 2.87 bits per heavy atom. The largest absolute Gasteiger partial charge is 0.423 e. The number of hydrogen-bond donors (Lipinski definition) is 1. The van der Waals surface area contributed by atoms with Crippen LogP contribution < -0.4 is 5.32 Å². The van der Waals surface area contributed by atoms with E-state index in [9.17, 15) is 9.18 Å². The number of likely N-dealkylation sites (tertiary alicyclic amines) is 1. The van der Waals surface area contributed by atoms with E-state index in [1.807, 2.05) is 4.90 Å². The number of amides is 2. The van der Waals surface area contributed by atoms with Crippen LogP contribution in [-0.2, 0) is 5.54 Å². The van der Waals surface area contributed by atoms with Gasteiger partial charge in [-0.15, -0.1) is 15.3 Å². The quantitative estimate of drug-likeness (QED) is 0.669. The molecular formula is C20H20ClFN6O2. The van der Waals surface area contributed by atoms with E-state index in [0.29, 0.717) is 34.1 Å². The molecule has 8 nitrogen and oxygen atoms in total. The number of rotatable bonds is 3. The number of benzene rings is 1. The molecule has 3 heterocycles. The van der Waals surface area contributed by atoms with Crippen LogP contribution in [0.5, 0.6) is 0 Å². The molecule has 156 valence electrons. The number of carbonyl (C=O) groups is 1. The average molecular weight is 431 g/mol. The summed E-state index contributed by atoms with van der Waals surface area (Å²) in [6, 6.07) is 6.11. The molecule has 5 rings (SSSR count). The Kier molecular flexibility index (Phi) is 4.32. The van der Waals surface area contributed by atoms with E-state index in [4.69, 9.17) is 16.0 Å². The maximum Gasteiger partial charge on any atom is 0.323 e. The van der Waals surface area contributed by atoms with Crippen LogP contribution >= 0.6 is 11.6 Å². The third kappa shape index (κ3) is 2.96. The average Bonchev–Trinajstić information content (AvgIpc) is 3.31. The molecule has 30 heavy (non-hydrogen) atoms. The van der Waals surface area contributed by atoms with Crippen molar-refractivity contribution < 1.29 is 13.6 Å². The second kappa shape index (κ2) is 6.80. The first-order chi connectivity index (χ1) is 14.4. The zero-order valence-electron chi connectivity index (χ0n) is 16.5. The highest BCUT2D eigenvalue weighted by molar-refractivity contribution is 6.32. The molecule has 1 aliphatic heterocycles. The Bertz CT molecular complexity index is 1130. The first-order valence-corrected chi connectivity index (χ1v) is 10.2. The fraction of sp³-hybridized carbons (Fsp3) is 0.400. The van der Waals surface area contributed by atoms with Gasteiger partial charge in [0.25, 0.3) is 0 Å². The monoisotopic (exact) mass is 430 g/mol. The Hall–Kier alpha value is -2.94. The van der Waals surface area contributed by atoms with E-state index in [0.717, 1.165) is 19.3 Å². The number of aromatic nitrogens is 4. The van der Waals surface area contributed by atoms with Gasteiger partial charge in [0, 0.05) is 37.3 Å². The molecule has 1 saturated heterocycles. The van der Waals surface area contributed by atoms with E-state index >= 15 is 0 Å². The smallest absolute Gasteiger partial charge is 0.323 e. The van der Waals surface area contributed by atoms with Crippen molar-refractivity contribution in [2.75, 3.05) is 5.32 Å². The van der Waals surface area contributed by atoms with Gasteiger partial charge < -0.3 is 14.6 Å². The molecule has 2 aromatic heterocycles. The van der Waals surface area contributed by atoms with Gasteiger partial charge in [-0.1, -0.05) is 18.5 Å². The van der Waals surface area contributed by atoms with E-state index in [-0.39, 0.29) is 12.1 Å². The summed E-state index contributed by atoms with van der Waals surface area (Å²) in [4.78, 5) is 15.1. The second-order valence-corrected chi connectivity index (χ2v) is 8.52. The Balaban J connectivity index is 1.43. The van der Waals surface area contributed by atoms with Crippen molar-refractivity contribution in [1.82, 2.24) is 24.9 Å². The molecule has 2 fully saturated rings. The Labute approximate surface area is 177 Å². The Morgan fingerprint density at radius 2 is 2.17 bits per heavy atom. The number of nitrogens with one attached hydrogen (secondary N) is 1. The number of fused-ring (bicyclic) bond motifs is 2. The van der Waals surface area contributed by atoms with Crippen LogP contribution in [0.1, 0.15) is 38.0 Å². The summed E-state index contributed by atoms with van der Waals surface area (Å²) in [5, 5.41) is 15.3. The molecule has 10 heteroatoms.